The lowest BCUT2D eigenvalue weighted by atomic mass is 10.1. The molecule has 0 fully saturated rings. The van der Waals surface area contributed by atoms with Gasteiger partial charge in [-0.1, -0.05) is 6.92 Å². The lowest BCUT2D eigenvalue weighted by Gasteiger charge is -2.20. The highest BCUT2D eigenvalue weighted by Gasteiger charge is 2.11. The van der Waals surface area contributed by atoms with Crippen molar-refractivity contribution >= 4 is 11.6 Å². The molecule has 5 heteroatoms. The highest BCUT2D eigenvalue weighted by Crippen LogP contribution is 2.13. The zero-order valence-corrected chi connectivity index (χ0v) is 12.0. The third-order valence-corrected chi connectivity index (χ3v) is 2.57. The maximum Gasteiger partial charge on any atom is 0.132 e. The van der Waals surface area contributed by atoms with Crippen molar-refractivity contribution in [2.45, 2.75) is 52.6 Å². The zero-order chi connectivity index (χ0) is 13.8. The summed E-state index contributed by atoms with van der Waals surface area (Å²) in [5, 5.41) is 6.59. The minimum absolute atomic E-state index is 0.261. The Labute approximate surface area is 110 Å². The largest absolute Gasteiger partial charge is 0.368 e. The Hall–Kier alpha value is -1.36. The third-order valence-electron chi connectivity index (χ3n) is 2.57. The molecule has 1 unspecified atom stereocenters. The van der Waals surface area contributed by atoms with Crippen LogP contribution in [0.5, 0.6) is 0 Å². The molecule has 1 aromatic heterocycles. The van der Waals surface area contributed by atoms with Crippen molar-refractivity contribution < 1.29 is 0 Å². The average Bonchev–Trinajstić information content (AvgIpc) is 2.24. The van der Waals surface area contributed by atoms with Crippen molar-refractivity contribution in [3.8, 4) is 0 Å². The summed E-state index contributed by atoms with van der Waals surface area (Å²) in [5.41, 5.74) is 5.68. The third kappa shape index (κ3) is 5.31. The lowest BCUT2D eigenvalue weighted by molar-refractivity contribution is 0.548. The van der Waals surface area contributed by atoms with Gasteiger partial charge in [-0.05, 0) is 34.1 Å². The van der Waals surface area contributed by atoms with Crippen LogP contribution in [0.2, 0.25) is 0 Å². The number of aromatic nitrogens is 2. The first kappa shape index (κ1) is 14.7. The van der Waals surface area contributed by atoms with E-state index >= 15 is 0 Å². The molecule has 102 valence electrons. The summed E-state index contributed by atoms with van der Waals surface area (Å²) in [6, 6.07) is 2.32. The molecule has 0 aromatic carbocycles. The van der Waals surface area contributed by atoms with E-state index in [1.165, 1.54) is 0 Å². The average molecular weight is 251 g/mol. The van der Waals surface area contributed by atoms with Gasteiger partial charge in [0.05, 0.1) is 0 Å². The van der Waals surface area contributed by atoms with Crippen molar-refractivity contribution in [3.05, 3.63) is 11.9 Å². The minimum atomic E-state index is -0.261. The van der Waals surface area contributed by atoms with E-state index in [1.807, 2.05) is 26.8 Å². The Balaban J connectivity index is 2.74. The van der Waals surface area contributed by atoms with E-state index in [-0.39, 0.29) is 5.54 Å². The van der Waals surface area contributed by atoms with E-state index in [9.17, 15) is 0 Å². The van der Waals surface area contributed by atoms with Crippen LogP contribution in [0.4, 0.5) is 11.6 Å². The standard InChI is InChI=1S/C13H25N5/c1-6-9(2)16-12-7-11(17-10(3)18-12)15-8-13(4,5)14/h7,9H,6,8,14H2,1-5H3,(H2,15,16,17,18). The topological polar surface area (TPSA) is 75.9 Å². The molecule has 0 amide bonds. The predicted octanol–water partition coefficient (Wildman–Crippen LogP) is 2.14. The van der Waals surface area contributed by atoms with Gasteiger partial charge in [0.2, 0.25) is 0 Å². The number of nitrogens with one attached hydrogen (secondary N) is 2. The van der Waals surface area contributed by atoms with Gasteiger partial charge in [-0.3, -0.25) is 0 Å². The van der Waals surface area contributed by atoms with E-state index in [2.05, 4.69) is 34.4 Å². The van der Waals surface area contributed by atoms with Crippen LogP contribution < -0.4 is 16.4 Å². The zero-order valence-electron chi connectivity index (χ0n) is 12.0. The lowest BCUT2D eigenvalue weighted by Crippen LogP contribution is -2.39. The smallest absolute Gasteiger partial charge is 0.132 e. The van der Waals surface area contributed by atoms with Gasteiger partial charge in [0.25, 0.3) is 0 Å². The van der Waals surface area contributed by atoms with Crippen molar-refractivity contribution in [3.63, 3.8) is 0 Å². The monoisotopic (exact) mass is 251 g/mol. The van der Waals surface area contributed by atoms with E-state index in [0.717, 1.165) is 23.9 Å². The predicted molar refractivity (Wildman–Crippen MR) is 76.9 cm³/mol. The number of rotatable bonds is 6. The first-order valence-electron chi connectivity index (χ1n) is 6.45. The minimum Gasteiger partial charge on any atom is -0.368 e. The van der Waals surface area contributed by atoms with E-state index in [0.29, 0.717) is 12.6 Å². The molecule has 0 bridgehead atoms. The molecule has 1 heterocycles. The summed E-state index contributed by atoms with van der Waals surface area (Å²) >= 11 is 0. The molecule has 0 saturated carbocycles. The van der Waals surface area contributed by atoms with Crippen LogP contribution in [0.3, 0.4) is 0 Å². The fourth-order valence-corrected chi connectivity index (χ4v) is 1.41. The van der Waals surface area contributed by atoms with Gasteiger partial charge in [-0.2, -0.15) is 0 Å². The summed E-state index contributed by atoms with van der Waals surface area (Å²) in [4.78, 5) is 8.72. The molecule has 0 radical (unpaired) electrons. The number of anilines is 2. The van der Waals surface area contributed by atoms with Gasteiger partial charge in [0, 0.05) is 24.2 Å². The van der Waals surface area contributed by atoms with E-state index in [1.54, 1.807) is 0 Å². The Bertz CT molecular complexity index is 383. The molecule has 1 rings (SSSR count). The number of hydrogen-bond acceptors (Lipinski definition) is 5. The summed E-state index contributed by atoms with van der Waals surface area (Å²) in [6.45, 7) is 10.8. The van der Waals surface area contributed by atoms with Gasteiger partial charge in [0.1, 0.15) is 17.5 Å². The fourth-order valence-electron chi connectivity index (χ4n) is 1.41. The highest BCUT2D eigenvalue weighted by molar-refractivity contribution is 5.48. The number of nitrogens with two attached hydrogens (primary N) is 1. The first-order valence-corrected chi connectivity index (χ1v) is 6.45. The van der Waals surface area contributed by atoms with Crippen molar-refractivity contribution in [1.82, 2.24) is 9.97 Å². The molecule has 0 aliphatic rings. The van der Waals surface area contributed by atoms with Gasteiger partial charge >= 0.3 is 0 Å². The SMILES string of the molecule is CCC(C)Nc1cc(NCC(C)(C)N)nc(C)n1. The molecular weight excluding hydrogens is 226 g/mol. The normalized spacial score (nSPS) is 13.2. The van der Waals surface area contributed by atoms with E-state index in [4.69, 9.17) is 5.73 Å². The first-order chi connectivity index (χ1) is 8.30. The Morgan fingerprint density at radius 1 is 1.33 bits per heavy atom. The second-order valence-electron chi connectivity index (χ2n) is 5.48. The fraction of sp³-hybridized carbons (Fsp3) is 0.692. The van der Waals surface area contributed by atoms with Gasteiger partial charge in [-0.25, -0.2) is 9.97 Å². The number of aryl methyl sites for hydroxylation is 1. The van der Waals surface area contributed by atoms with Crippen LogP contribution in [-0.2, 0) is 0 Å². The highest BCUT2D eigenvalue weighted by atomic mass is 15.1. The molecule has 4 N–H and O–H groups in total. The van der Waals surface area contributed by atoms with Crippen molar-refractivity contribution in [1.29, 1.82) is 0 Å². The van der Waals surface area contributed by atoms with Crippen LogP contribution in [0.1, 0.15) is 39.9 Å². The summed E-state index contributed by atoms with van der Waals surface area (Å²) < 4.78 is 0. The number of hydrogen-bond donors (Lipinski definition) is 3. The molecule has 0 aliphatic carbocycles. The van der Waals surface area contributed by atoms with Crippen molar-refractivity contribution in [2.24, 2.45) is 5.73 Å². The summed E-state index contributed by atoms with van der Waals surface area (Å²) in [6.07, 6.45) is 1.06. The Morgan fingerprint density at radius 3 is 2.50 bits per heavy atom. The molecular formula is C13H25N5. The molecule has 5 nitrogen and oxygen atoms in total. The van der Waals surface area contributed by atoms with Crippen LogP contribution in [0.15, 0.2) is 6.07 Å². The summed E-state index contributed by atoms with van der Waals surface area (Å²) in [5.74, 6) is 2.42. The Kier molecular flexibility index (Phi) is 4.90. The maximum atomic E-state index is 5.94. The van der Waals surface area contributed by atoms with Crippen LogP contribution in [0.25, 0.3) is 0 Å². The second-order valence-corrected chi connectivity index (χ2v) is 5.48. The number of nitrogens with zero attached hydrogens (tertiary/aromatic N) is 2. The van der Waals surface area contributed by atoms with Gasteiger partial charge < -0.3 is 16.4 Å². The quantitative estimate of drug-likeness (QED) is 0.722. The van der Waals surface area contributed by atoms with Gasteiger partial charge in [-0.15, -0.1) is 0 Å². The molecule has 1 aromatic rings. The van der Waals surface area contributed by atoms with Crippen molar-refractivity contribution in [2.75, 3.05) is 17.2 Å². The van der Waals surface area contributed by atoms with E-state index < -0.39 is 0 Å². The second kappa shape index (κ2) is 6.00. The maximum absolute atomic E-state index is 5.94. The molecule has 0 aliphatic heterocycles. The molecule has 0 spiro atoms. The Morgan fingerprint density at radius 2 is 1.94 bits per heavy atom. The molecule has 1 atom stereocenters. The van der Waals surface area contributed by atoms with Crippen LogP contribution in [0, 0.1) is 6.92 Å². The van der Waals surface area contributed by atoms with Crippen LogP contribution >= 0.6 is 0 Å². The van der Waals surface area contributed by atoms with Crippen LogP contribution in [-0.4, -0.2) is 28.1 Å². The summed E-state index contributed by atoms with van der Waals surface area (Å²) in [7, 11) is 0. The molecule has 18 heavy (non-hydrogen) atoms. The van der Waals surface area contributed by atoms with Gasteiger partial charge in [0.15, 0.2) is 0 Å². The molecule has 0 saturated heterocycles.